The fourth-order valence-electron chi connectivity index (χ4n) is 2.47. The highest BCUT2D eigenvalue weighted by Crippen LogP contribution is 2.31. The SMILES string of the molecule is COc1ccc(NS(=O)(=O)c2ccccc2)cc1NS(=O)(=O)c1ccccc1. The molecular weight excluding hydrogens is 400 g/mol. The number of sulfonamides is 2. The first-order valence-electron chi connectivity index (χ1n) is 8.15. The second kappa shape index (κ2) is 7.91. The van der Waals surface area contributed by atoms with Crippen LogP contribution >= 0.6 is 0 Å². The topological polar surface area (TPSA) is 102 Å². The molecule has 0 unspecified atom stereocenters. The monoisotopic (exact) mass is 418 g/mol. The van der Waals surface area contributed by atoms with Gasteiger partial charge >= 0.3 is 0 Å². The van der Waals surface area contributed by atoms with Gasteiger partial charge in [0, 0.05) is 0 Å². The van der Waals surface area contributed by atoms with Crippen LogP contribution in [0.2, 0.25) is 0 Å². The van der Waals surface area contributed by atoms with Crippen LogP contribution in [0, 0.1) is 0 Å². The maximum Gasteiger partial charge on any atom is 0.262 e. The molecule has 0 aromatic heterocycles. The average molecular weight is 418 g/mol. The number of hydrogen-bond acceptors (Lipinski definition) is 5. The smallest absolute Gasteiger partial charge is 0.262 e. The minimum atomic E-state index is -3.87. The predicted octanol–water partition coefficient (Wildman–Crippen LogP) is 3.30. The van der Waals surface area contributed by atoms with Crippen molar-refractivity contribution in [3.05, 3.63) is 78.9 Å². The van der Waals surface area contributed by atoms with Crippen LogP contribution in [0.3, 0.4) is 0 Å². The minimum Gasteiger partial charge on any atom is -0.495 e. The van der Waals surface area contributed by atoms with Gasteiger partial charge in [-0.25, -0.2) is 16.8 Å². The van der Waals surface area contributed by atoms with Crippen molar-refractivity contribution in [1.29, 1.82) is 0 Å². The van der Waals surface area contributed by atoms with Gasteiger partial charge in [-0.05, 0) is 42.5 Å². The lowest BCUT2D eigenvalue weighted by atomic mass is 10.2. The molecule has 0 saturated carbocycles. The molecule has 28 heavy (non-hydrogen) atoms. The van der Waals surface area contributed by atoms with E-state index < -0.39 is 20.0 Å². The summed E-state index contributed by atoms with van der Waals surface area (Å²) in [4.78, 5) is 0.171. The fraction of sp³-hybridized carbons (Fsp3) is 0.0526. The lowest BCUT2D eigenvalue weighted by Crippen LogP contribution is -2.15. The van der Waals surface area contributed by atoms with Gasteiger partial charge < -0.3 is 4.74 Å². The lowest BCUT2D eigenvalue weighted by molar-refractivity contribution is 0.417. The van der Waals surface area contributed by atoms with E-state index in [2.05, 4.69) is 9.44 Å². The van der Waals surface area contributed by atoms with Crippen molar-refractivity contribution < 1.29 is 21.6 Å². The summed E-state index contributed by atoms with van der Waals surface area (Å²) in [7, 11) is -6.29. The van der Waals surface area contributed by atoms with Gasteiger partial charge in [-0.15, -0.1) is 0 Å². The van der Waals surface area contributed by atoms with Crippen LogP contribution in [-0.4, -0.2) is 23.9 Å². The van der Waals surface area contributed by atoms with Crippen molar-refractivity contribution in [3.8, 4) is 5.75 Å². The molecule has 0 spiro atoms. The van der Waals surface area contributed by atoms with E-state index in [-0.39, 0.29) is 26.9 Å². The van der Waals surface area contributed by atoms with Crippen LogP contribution in [0.25, 0.3) is 0 Å². The molecule has 0 amide bonds. The van der Waals surface area contributed by atoms with Crippen molar-refractivity contribution in [2.24, 2.45) is 0 Å². The minimum absolute atomic E-state index is 0.0762. The van der Waals surface area contributed by atoms with E-state index in [4.69, 9.17) is 4.74 Å². The van der Waals surface area contributed by atoms with Gasteiger partial charge in [-0.2, -0.15) is 0 Å². The Kier molecular flexibility index (Phi) is 5.57. The van der Waals surface area contributed by atoms with Gasteiger partial charge in [0.25, 0.3) is 20.0 Å². The molecule has 0 bridgehead atoms. The van der Waals surface area contributed by atoms with Crippen molar-refractivity contribution in [2.75, 3.05) is 16.6 Å². The van der Waals surface area contributed by atoms with Crippen LogP contribution in [0.4, 0.5) is 11.4 Å². The number of nitrogens with one attached hydrogen (secondary N) is 2. The Hall–Kier alpha value is -3.04. The van der Waals surface area contributed by atoms with Crippen LogP contribution in [-0.2, 0) is 20.0 Å². The summed E-state index contributed by atoms with van der Waals surface area (Å²) in [6, 6.07) is 20.0. The lowest BCUT2D eigenvalue weighted by Gasteiger charge is -2.14. The van der Waals surface area contributed by atoms with Crippen molar-refractivity contribution >= 4 is 31.4 Å². The van der Waals surface area contributed by atoms with Crippen molar-refractivity contribution in [2.45, 2.75) is 9.79 Å². The molecule has 7 nitrogen and oxygen atoms in total. The molecule has 2 N–H and O–H groups in total. The first kappa shape index (κ1) is 19.7. The average Bonchev–Trinajstić information content (AvgIpc) is 2.69. The van der Waals surface area contributed by atoms with E-state index in [9.17, 15) is 16.8 Å². The normalized spacial score (nSPS) is 11.6. The molecule has 0 aliphatic carbocycles. The molecule has 0 aliphatic heterocycles. The number of ether oxygens (including phenoxy) is 1. The highest BCUT2D eigenvalue weighted by Gasteiger charge is 2.18. The van der Waals surface area contributed by atoms with E-state index >= 15 is 0 Å². The van der Waals surface area contributed by atoms with Crippen LogP contribution in [0.5, 0.6) is 5.75 Å². The molecule has 3 rings (SSSR count). The molecule has 0 radical (unpaired) electrons. The van der Waals surface area contributed by atoms with E-state index in [0.717, 1.165) is 0 Å². The number of rotatable bonds is 7. The van der Waals surface area contributed by atoms with Gasteiger partial charge in [0.1, 0.15) is 5.75 Å². The van der Waals surface area contributed by atoms with E-state index in [1.165, 1.54) is 49.6 Å². The Morgan fingerprint density at radius 2 is 1.18 bits per heavy atom. The van der Waals surface area contributed by atoms with Gasteiger partial charge in [-0.3, -0.25) is 9.44 Å². The van der Waals surface area contributed by atoms with Gasteiger partial charge in [0.05, 0.1) is 28.3 Å². The summed E-state index contributed by atoms with van der Waals surface area (Å²) in [5.41, 5.74) is 0.301. The molecule has 0 heterocycles. The highest BCUT2D eigenvalue weighted by atomic mass is 32.2. The fourth-order valence-corrected chi connectivity index (χ4v) is 4.62. The zero-order valence-electron chi connectivity index (χ0n) is 14.9. The Morgan fingerprint density at radius 3 is 1.68 bits per heavy atom. The third-order valence-electron chi connectivity index (χ3n) is 3.80. The molecule has 146 valence electrons. The Bertz CT molecular complexity index is 1160. The van der Waals surface area contributed by atoms with Crippen LogP contribution in [0.1, 0.15) is 0 Å². The number of anilines is 2. The van der Waals surface area contributed by atoms with Gasteiger partial charge in [-0.1, -0.05) is 36.4 Å². The van der Waals surface area contributed by atoms with Crippen molar-refractivity contribution in [3.63, 3.8) is 0 Å². The Labute approximate surface area is 164 Å². The zero-order valence-corrected chi connectivity index (χ0v) is 16.5. The summed E-state index contributed by atoms with van der Waals surface area (Å²) in [6.45, 7) is 0. The van der Waals surface area contributed by atoms with Crippen molar-refractivity contribution in [1.82, 2.24) is 0 Å². The van der Waals surface area contributed by atoms with Gasteiger partial charge in [0.2, 0.25) is 0 Å². The van der Waals surface area contributed by atoms with Crippen LogP contribution < -0.4 is 14.2 Å². The number of methoxy groups -OCH3 is 1. The third kappa shape index (κ3) is 4.44. The molecule has 9 heteroatoms. The Balaban J connectivity index is 1.93. The summed E-state index contributed by atoms with van der Waals surface area (Å²) >= 11 is 0. The summed E-state index contributed by atoms with van der Waals surface area (Å²) in [5.74, 6) is 0.252. The maximum absolute atomic E-state index is 12.6. The zero-order chi connectivity index (χ0) is 20.2. The second-order valence-corrected chi connectivity index (χ2v) is 9.12. The molecule has 3 aromatic rings. The molecule has 0 saturated heterocycles. The summed E-state index contributed by atoms with van der Waals surface area (Å²) in [5, 5.41) is 0. The maximum atomic E-state index is 12.6. The second-order valence-electron chi connectivity index (χ2n) is 5.75. The number of benzene rings is 3. The molecule has 0 fully saturated rings. The molecule has 0 aliphatic rings. The molecule has 0 atom stereocenters. The first-order valence-corrected chi connectivity index (χ1v) is 11.1. The van der Waals surface area contributed by atoms with Crippen LogP contribution in [0.15, 0.2) is 88.7 Å². The van der Waals surface area contributed by atoms with E-state index in [1.807, 2.05) is 0 Å². The summed E-state index contributed by atoms with van der Waals surface area (Å²) < 4.78 is 60.2. The highest BCUT2D eigenvalue weighted by molar-refractivity contribution is 7.93. The number of hydrogen-bond donors (Lipinski definition) is 2. The Morgan fingerprint density at radius 1 is 0.679 bits per heavy atom. The molecular formula is C19H18N2O5S2. The standard InChI is InChI=1S/C19H18N2O5S2/c1-26-19-13-12-15(20-27(22,23)16-8-4-2-5-9-16)14-18(19)21-28(24,25)17-10-6-3-7-11-17/h2-14,20-21H,1H3. The quantitative estimate of drug-likeness (QED) is 0.613. The van der Waals surface area contributed by atoms with E-state index in [1.54, 1.807) is 36.4 Å². The molecule has 3 aromatic carbocycles. The first-order chi connectivity index (χ1) is 13.3. The largest absolute Gasteiger partial charge is 0.495 e. The summed E-state index contributed by atoms with van der Waals surface area (Å²) in [6.07, 6.45) is 0. The van der Waals surface area contributed by atoms with E-state index in [0.29, 0.717) is 0 Å². The van der Waals surface area contributed by atoms with Gasteiger partial charge in [0.15, 0.2) is 0 Å². The predicted molar refractivity (Wildman–Crippen MR) is 107 cm³/mol. The third-order valence-corrected chi connectivity index (χ3v) is 6.58.